The third-order valence-electron chi connectivity index (χ3n) is 3.92. The van der Waals surface area contributed by atoms with E-state index in [-0.39, 0.29) is 12.2 Å². The highest BCUT2D eigenvalue weighted by molar-refractivity contribution is 6.33. The second-order valence-electron chi connectivity index (χ2n) is 5.08. The molecule has 2 aromatic rings. The highest BCUT2D eigenvalue weighted by Gasteiger charge is 2.46. The van der Waals surface area contributed by atoms with Crippen molar-refractivity contribution in [1.29, 1.82) is 0 Å². The Kier molecular flexibility index (Phi) is 3.33. The van der Waals surface area contributed by atoms with E-state index in [0.717, 1.165) is 0 Å². The van der Waals surface area contributed by atoms with Crippen molar-refractivity contribution >= 4 is 23.3 Å². The van der Waals surface area contributed by atoms with Crippen molar-refractivity contribution in [3.63, 3.8) is 0 Å². The van der Waals surface area contributed by atoms with E-state index in [2.05, 4.69) is 5.32 Å². The van der Waals surface area contributed by atoms with E-state index < -0.39 is 11.5 Å². The fraction of sp³-hybridized carbons (Fsp3) is 0.188. The van der Waals surface area contributed by atoms with Gasteiger partial charge in [0.15, 0.2) is 5.54 Å². The molecule has 0 amide bonds. The molecule has 0 spiro atoms. The van der Waals surface area contributed by atoms with Crippen LogP contribution in [0.3, 0.4) is 0 Å². The number of fused-ring (bicyclic) bond motifs is 1. The maximum atomic E-state index is 13.9. The van der Waals surface area contributed by atoms with Crippen LogP contribution < -0.4 is 5.32 Å². The van der Waals surface area contributed by atoms with Gasteiger partial charge < -0.3 is 10.4 Å². The van der Waals surface area contributed by atoms with Gasteiger partial charge in [-0.2, -0.15) is 0 Å². The molecule has 1 unspecified atom stereocenters. The summed E-state index contributed by atoms with van der Waals surface area (Å²) in [6.45, 7) is 0. The zero-order chi connectivity index (χ0) is 15.0. The first-order valence-corrected chi connectivity index (χ1v) is 6.96. The summed E-state index contributed by atoms with van der Waals surface area (Å²) in [4.78, 5) is 11.9. The Morgan fingerprint density at radius 1 is 1.24 bits per heavy atom. The van der Waals surface area contributed by atoms with Gasteiger partial charge in [0, 0.05) is 0 Å². The molecule has 3 rings (SSSR count). The minimum atomic E-state index is -1.34. The average molecular weight is 306 g/mol. The number of hydrogen-bond acceptors (Lipinski definition) is 2. The van der Waals surface area contributed by atoms with Gasteiger partial charge in [0.05, 0.1) is 10.7 Å². The molecule has 1 aliphatic rings. The topological polar surface area (TPSA) is 49.3 Å². The van der Waals surface area contributed by atoms with Crippen molar-refractivity contribution in [3.05, 3.63) is 64.4 Å². The SMILES string of the molecule is O=C(O)C1(Nc2ccccc2Cl)CCc2c(F)cccc21. The van der Waals surface area contributed by atoms with Crippen LogP contribution in [-0.4, -0.2) is 11.1 Å². The summed E-state index contributed by atoms with van der Waals surface area (Å²) in [5.74, 6) is -1.40. The Morgan fingerprint density at radius 2 is 2.00 bits per heavy atom. The van der Waals surface area contributed by atoms with Gasteiger partial charge in [0.25, 0.3) is 0 Å². The molecule has 21 heavy (non-hydrogen) atoms. The number of para-hydroxylation sites is 1. The third-order valence-corrected chi connectivity index (χ3v) is 4.25. The van der Waals surface area contributed by atoms with Crippen LogP contribution in [0, 0.1) is 5.82 Å². The van der Waals surface area contributed by atoms with Gasteiger partial charge >= 0.3 is 5.97 Å². The highest BCUT2D eigenvalue weighted by Crippen LogP contribution is 2.42. The molecule has 0 fully saturated rings. The van der Waals surface area contributed by atoms with Crippen LogP contribution in [-0.2, 0) is 16.8 Å². The molecular formula is C16H13ClFNO2. The van der Waals surface area contributed by atoms with Crippen LogP contribution in [0.4, 0.5) is 10.1 Å². The quantitative estimate of drug-likeness (QED) is 0.906. The lowest BCUT2D eigenvalue weighted by atomic mass is 9.91. The second-order valence-corrected chi connectivity index (χ2v) is 5.49. The Morgan fingerprint density at radius 3 is 2.71 bits per heavy atom. The van der Waals surface area contributed by atoms with E-state index in [1.165, 1.54) is 12.1 Å². The van der Waals surface area contributed by atoms with Crippen LogP contribution in [0.5, 0.6) is 0 Å². The number of aliphatic carboxylic acids is 1. The minimum Gasteiger partial charge on any atom is -0.479 e. The first-order chi connectivity index (χ1) is 10.0. The predicted molar refractivity (Wildman–Crippen MR) is 79.1 cm³/mol. The van der Waals surface area contributed by atoms with Crippen molar-refractivity contribution in [2.75, 3.05) is 5.32 Å². The molecule has 0 aromatic heterocycles. The molecule has 1 aliphatic carbocycles. The van der Waals surface area contributed by atoms with E-state index in [9.17, 15) is 14.3 Å². The van der Waals surface area contributed by atoms with Gasteiger partial charge in [0.1, 0.15) is 5.82 Å². The maximum Gasteiger partial charge on any atom is 0.334 e. The number of hydrogen-bond donors (Lipinski definition) is 2. The molecule has 0 bridgehead atoms. The molecule has 0 saturated carbocycles. The van der Waals surface area contributed by atoms with E-state index >= 15 is 0 Å². The second kappa shape index (κ2) is 5.04. The zero-order valence-corrected chi connectivity index (χ0v) is 11.8. The number of carbonyl (C=O) groups is 1. The van der Waals surface area contributed by atoms with Crippen molar-refractivity contribution in [2.24, 2.45) is 0 Å². The first-order valence-electron chi connectivity index (χ1n) is 6.58. The summed E-state index contributed by atoms with van der Waals surface area (Å²) < 4.78 is 13.9. The van der Waals surface area contributed by atoms with E-state index in [4.69, 9.17) is 11.6 Å². The maximum absolute atomic E-state index is 13.9. The summed E-state index contributed by atoms with van der Waals surface area (Å²) >= 11 is 6.10. The molecule has 2 N–H and O–H groups in total. The molecule has 1 atom stereocenters. The average Bonchev–Trinajstić information content (AvgIpc) is 2.83. The van der Waals surface area contributed by atoms with Crippen molar-refractivity contribution in [1.82, 2.24) is 0 Å². The van der Waals surface area contributed by atoms with Crippen LogP contribution in [0.2, 0.25) is 5.02 Å². The Hall–Kier alpha value is -2.07. The van der Waals surface area contributed by atoms with Gasteiger partial charge in [-0.05, 0) is 42.2 Å². The molecule has 2 aromatic carbocycles. The van der Waals surface area contributed by atoms with Gasteiger partial charge in [-0.1, -0.05) is 35.9 Å². The van der Waals surface area contributed by atoms with Gasteiger partial charge in [0.2, 0.25) is 0 Å². The highest BCUT2D eigenvalue weighted by atomic mass is 35.5. The van der Waals surface area contributed by atoms with Gasteiger partial charge in [-0.15, -0.1) is 0 Å². The Bertz CT molecular complexity index is 719. The van der Waals surface area contributed by atoms with Crippen molar-refractivity contribution in [2.45, 2.75) is 18.4 Å². The molecule has 0 radical (unpaired) electrons. The van der Waals surface area contributed by atoms with Crippen LogP contribution >= 0.6 is 11.6 Å². The lowest BCUT2D eigenvalue weighted by molar-refractivity contribution is -0.142. The Labute approximate surface area is 126 Å². The number of carboxylic acid groups (broad SMARTS) is 1. The predicted octanol–water partition coefficient (Wildman–Crippen LogP) is 3.82. The third kappa shape index (κ3) is 2.16. The fourth-order valence-corrected chi connectivity index (χ4v) is 3.04. The number of carboxylic acids is 1. The number of rotatable bonds is 3. The summed E-state index contributed by atoms with van der Waals surface area (Å²) in [7, 11) is 0. The van der Waals surface area contributed by atoms with E-state index in [1.54, 1.807) is 30.3 Å². The molecule has 3 nitrogen and oxygen atoms in total. The summed E-state index contributed by atoms with van der Waals surface area (Å²) in [5, 5.41) is 13.2. The standard InChI is InChI=1S/C16H13ClFNO2/c17-12-5-1-2-7-14(12)19-16(15(20)21)9-8-10-11(16)4-3-6-13(10)18/h1-7,19H,8-9H2,(H,20,21). The number of anilines is 1. The van der Waals surface area contributed by atoms with E-state index in [1.807, 2.05) is 0 Å². The summed E-state index contributed by atoms with van der Waals surface area (Å²) in [5.41, 5.74) is 0.107. The molecular weight excluding hydrogens is 293 g/mol. The van der Waals surface area contributed by atoms with Crippen LogP contribution in [0.1, 0.15) is 17.5 Å². The molecule has 0 aliphatic heterocycles. The molecule has 108 valence electrons. The summed E-state index contributed by atoms with van der Waals surface area (Å²) in [6, 6.07) is 11.5. The zero-order valence-electron chi connectivity index (χ0n) is 11.1. The van der Waals surface area contributed by atoms with Crippen molar-refractivity contribution < 1.29 is 14.3 Å². The Balaban J connectivity index is 2.11. The first kappa shape index (κ1) is 13.9. The lowest BCUT2D eigenvalue weighted by Gasteiger charge is -2.28. The van der Waals surface area contributed by atoms with Crippen LogP contribution in [0.25, 0.3) is 0 Å². The van der Waals surface area contributed by atoms with Crippen molar-refractivity contribution in [3.8, 4) is 0 Å². The van der Waals surface area contributed by atoms with Gasteiger partial charge in [-0.3, -0.25) is 0 Å². The molecule has 0 saturated heterocycles. The molecule has 5 heteroatoms. The minimum absolute atomic E-state index is 0.282. The number of benzene rings is 2. The summed E-state index contributed by atoms with van der Waals surface area (Å²) in [6.07, 6.45) is 0.662. The normalized spacial score (nSPS) is 20.1. The lowest BCUT2D eigenvalue weighted by Crippen LogP contribution is -2.41. The largest absolute Gasteiger partial charge is 0.479 e. The number of nitrogens with one attached hydrogen (secondary N) is 1. The smallest absolute Gasteiger partial charge is 0.334 e. The van der Waals surface area contributed by atoms with Crippen LogP contribution in [0.15, 0.2) is 42.5 Å². The number of halogens is 2. The monoisotopic (exact) mass is 305 g/mol. The molecule has 0 heterocycles. The van der Waals surface area contributed by atoms with E-state index in [0.29, 0.717) is 28.3 Å². The van der Waals surface area contributed by atoms with Gasteiger partial charge in [-0.25, -0.2) is 9.18 Å². The fourth-order valence-electron chi connectivity index (χ4n) is 2.86.